The number of hydrogen-bond donors (Lipinski definition) is 2. The van der Waals surface area contributed by atoms with Gasteiger partial charge in [0.05, 0.1) is 16.3 Å². The van der Waals surface area contributed by atoms with Crippen molar-refractivity contribution in [3.8, 4) is 0 Å². The maximum atomic E-state index is 13.7. The van der Waals surface area contributed by atoms with Crippen LogP contribution in [0, 0.1) is 5.82 Å². The summed E-state index contributed by atoms with van der Waals surface area (Å²) in [6.45, 7) is 0.345. The number of nitrogens with one attached hydrogen (secondary N) is 1. The van der Waals surface area contributed by atoms with Crippen LogP contribution in [0.15, 0.2) is 40.9 Å². The number of aromatic carboxylic acids is 1. The third kappa shape index (κ3) is 3.29. The number of carboxylic acids is 1. The number of anilines is 1. The zero-order chi connectivity index (χ0) is 14.7. The van der Waals surface area contributed by atoms with Crippen molar-refractivity contribution in [2.24, 2.45) is 0 Å². The van der Waals surface area contributed by atoms with Crippen molar-refractivity contribution < 1.29 is 14.3 Å². The van der Waals surface area contributed by atoms with E-state index in [0.29, 0.717) is 16.7 Å². The average molecular weight is 359 g/mol. The zero-order valence-electron chi connectivity index (χ0n) is 10.2. The van der Waals surface area contributed by atoms with Crippen molar-refractivity contribution in [1.82, 2.24) is 0 Å². The second-order valence-electron chi connectivity index (χ2n) is 4.07. The largest absolute Gasteiger partial charge is 0.478 e. The molecule has 104 valence electrons. The summed E-state index contributed by atoms with van der Waals surface area (Å²) in [5.74, 6) is -1.50. The van der Waals surface area contributed by atoms with Gasteiger partial charge >= 0.3 is 5.97 Å². The van der Waals surface area contributed by atoms with E-state index in [2.05, 4.69) is 21.2 Å². The van der Waals surface area contributed by atoms with Gasteiger partial charge in [-0.15, -0.1) is 0 Å². The predicted octanol–water partition coefficient (Wildman–Crippen LogP) is 4.55. The van der Waals surface area contributed by atoms with Gasteiger partial charge in [0.15, 0.2) is 5.82 Å². The Kier molecular flexibility index (Phi) is 4.62. The molecule has 0 bridgehead atoms. The van der Waals surface area contributed by atoms with E-state index < -0.39 is 11.8 Å². The lowest BCUT2D eigenvalue weighted by atomic mass is 10.1. The first-order valence-corrected chi connectivity index (χ1v) is 6.85. The fourth-order valence-corrected chi connectivity index (χ4v) is 2.35. The Balaban J connectivity index is 2.15. The Morgan fingerprint density at radius 1 is 1.35 bits per heavy atom. The highest BCUT2D eigenvalue weighted by molar-refractivity contribution is 9.10. The van der Waals surface area contributed by atoms with Crippen LogP contribution >= 0.6 is 27.5 Å². The second kappa shape index (κ2) is 6.24. The quantitative estimate of drug-likeness (QED) is 0.843. The SMILES string of the molecule is O=C(O)c1ccc(CNc2cccc(Cl)c2F)c(Br)c1. The molecule has 0 aliphatic rings. The molecular weight excluding hydrogens is 349 g/mol. The van der Waals surface area contributed by atoms with Gasteiger partial charge in [-0.2, -0.15) is 0 Å². The van der Waals surface area contributed by atoms with Crippen LogP contribution in [0.1, 0.15) is 15.9 Å². The lowest BCUT2D eigenvalue weighted by Gasteiger charge is -2.10. The van der Waals surface area contributed by atoms with Crippen LogP contribution < -0.4 is 5.32 Å². The van der Waals surface area contributed by atoms with E-state index in [4.69, 9.17) is 16.7 Å². The van der Waals surface area contributed by atoms with Gasteiger partial charge in [-0.05, 0) is 29.8 Å². The minimum atomic E-state index is -0.994. The fraction of sp³-hybridized carbons (Fsp3) is 0.0714. The molecule has 20 heavy (non-hydrogen) atoms. The molecule has 0 saturated heterocycles. The lowest BCUT2D eigenvalue weighted by Crippen LogP contribution is -2.04. The van der Waals surface area contributed by atoms with E-state index in [-0.39, 0.29) is 10.6 Å². The van der Waals surface area contributed by atoms with Crippen LogP contribution in [0.3, 0.4) is 0 Å². The molecule has 3 nitrogen and oxygen atoms in total. The highest BCUT2D eigenvalue weighted by atomic mass is 79.9. The van der Waals surface area contributed by atoms with Crippen LogP contribution in [-0.2, 0) is 6.54 Å². The van der Waals surface area contributed by atoms with Gasteiger partial charge in [0.25, 0.3) is 0 Å². The van der Waals surface area contributed by atoms with Gasteiger partial charge in [0, 0.05) is 11.0 Å². The molecule has 0 saturated carbocycles. The van der Waals surface area contributed by atoms with Crippen LogP contribution in [0.2, 0.25) is 5.02 Å². The molecule has 0 unspecified atom stereocenters. The third-order valence-corrected chi connectivity index (χ3v) is 3.75. The molecule has 0 fully saturated rings. The van der Waals surface area contributed by atoms with E-state index in [1.54, 1.807) is 18.2 Å². The lowest BCUT2D eigenvalue weighted by molar-refractivity contribution is 0.0697. The van der Waals surface area contributed by atoms with Crippen molar-refractivity contribution in [3.63, 3.8) is 0 Å². The van der Waals surface area contributed by atoms with Gasteiger partial charge in [-0.3, -0.25) is 0 Å². The monoisotopic (exact) mass is 357 g/mol. The van der Waals surface area contributed by atoms with Crippen molar-refractivity contribution >= 4 is 39.2 Å². The van der Waals surface area contributed by atoms with E-state index in [9.17, 15) is 9.18 Å². The maximum absolute atomic E-state index is 13.7. The standard InChI is InChI=1S/C14H10BrClFNO2/c15-10-6-8(14(19)20)4-5-9(10)7-18-12-3-1-2-11(16)13(12)17/h1-6,18H,7H2,(H,19,20). The summed E-state index contributed by atoms with van der Waals surface area (Å²) < 4.78 is 14.3. The summed E-state index contributed by atoms with van der Waals surface area (Å²) in [4.78, 5) is 10.8. The van der Waals surface area contributed by atoms with Crippen LogP contribution in [-0.4, -0.2) is 11.1 Å². The Morgan fingerprint density at radius 2 is 2.10 bits per heavy atom. The topological polar surface area (TPSA) is 49.3 Å². The number of rotatable bonds is 4. The fourth-order valence-electron chi connectivity index (χ4n) is 1.65. The minimum Gasteiger partial charge on any atom is -0.478 e. The smallest absolute Gasteiger partial charge is 0.335 e. The summed E-state index contributed by atoms with van der Waals surface area (Å²) in [7, 11) is 0. The first kappa shape index (κ1) is 14.8. The Labute approximate surface area is 128 Å². The van der Waals surface area contributed by atoms with Gasteiger partial charge in [-0.1, -0.05) is 39.7 Å². The predicted molar refractivity (Wildman–Crippen MR) is 79.8 cm³/mol. The van der Waals surface area contributed by atoms with Crippen LogP contribution in [0.4, 0.5) is 10.1 Å². The van der Waals surface area contributed by atoms with Gasteiger partial charge in [-0.25, -0.2) is 9.18 Å². The minimum absolute atomic E-state index is 0.0512. The van der Waals surface area contributed by atoms with Crippen molar-refractivity contribution in [2.45, 2.75) is 6.54 Å². The van der Waals surface area contributed by atoms with Gasteiger partial charge in [0.2, 0.25) is 0 Å². The van der Waals surface area contributed by atoms with E-state index in [0.717, 1.165) is 5.56 Å². The molecule has 0 aliphatic carbocycles. The molecule has 2 N–H and O–H groups in total. The number of benzene rings is 2. The zero-order valence-corrected chi connectivity index (χ0v) is 12.5. The summed E-state index contributed by atoms with van der Waals surface area (Å²) in [5, 5.41) is 11.8. The van der Waals surface area contributed by atoms with Gasteiger partial charge in [0.1, 0.15) is 0 Å². The Bertz CT molecular complexity index is 664. The molecular formula is C14H10BrClFNO2. The number of halogens is 3. The molecule has 2 rings (SSSR count). The third-order valence-electron chi connectivity index (χ3n) is 2.72. The Hall–Kier alpha value is -1.59. The van der Waals surface area contributed by atoms with Crippen molar-refractivity contribution in [1.29, 1.82) is 0 Å². The Morgan fingerprint density at radius 3 is 2.75 bits per heavy atom. The first-order chi connectivity index (χ1) is 9.49. The molecule has 0 spiro atoms. The molecule has 0 aromatic heterocycles. The molecule has 2 aromatic rings. The maximum Gasteiger partial charge on any atom is 0.335 e. The van der Waals surface area contributed by atoms with E-state index in [1.165, 1.54) is 18.2 Å². The average Bonchev–Trinajstić information content (AvgIpc) is 2.41. The number of carbonyl (C=O) groups is 1. The van der Waals surface area contributed by atoms with E-state index in [1.807, 2.05) is 0 Å². The second-order valence-corrected chi connectivity index (χ2v) is 5.33. The van der Waals surface area contributed by atoms with Crippen molar-refractivity contribution in [2.75, 3.05) is 5.32 Å². The van der Waals surface area contributed by atoms with Crippen LogP contribution in [0.25, 0.3) is 0 Å². The molecule has 2 aromatic carbocycles. The van der Waals surface area contributed by atoms with Crippen molar-refractivity contribution in [3.05, 3.63) is 62.8 Å². The highest BCUT2D eigenvalue weighted by Gasteiger charge is 2.09. The summed E-state index contributed by atoms with van der Waals surface area (Å²) >= 11 is 8.99. The normalized spacial score (nSPS) is 10.3. The molecule has 0 aliphatic heterocycles. The molecule has 6 heteroatoms. The molecule has 0 radical (unpaired) electrons. The molecule has 0 atom stereocenters. The van der Waals surface area contributed by atoms with Gasteiger partial charge < -0.3 is 10.4 Å². The highest BCUT2D eigenvalue weighted by Crippen LogP contribution is 2.24. The number of hydrogen-bond acceptors (Lipinski definition) is 2. The van der Waals surface area contributed by atoms with Crippen LogP contribution in [0.5, 0.6) is 0 Å². The summed E-state index contributed by atoms with van der Waals surface area (Å²) in [6, 6.07) is 9.38. The van der Waals surface area contributed by atoms with E-state index >= 15 is 0 Å². The summed E-state index contributed by atoms with van der Waals surface area (Å²) in [6.07, 6.45) is 0. The number of carboxylic acid groups (broad SMARTS) is 1. The molecule has 0 amide bonds. The summed E-state index contributed by atoms with van der Waals surface area (Å²) in [5.41, 5.74) is 1.30. The molecule has 0 heterocycles. The first-order valence-electron chi connectivity index (χ1n) is 5.68.